The van der Waals surface area contributed by atoms with Gasteiger partial charge in [-0.15, -0.1) is 0 Å². The Labute approximate surface area is 109 Å². The first kappa shape index (κ1) is 17.0. The van der Waals surface area contributed by atoms with Crippen molar-refractivity contribution in [2.75, 3.05) is 0 Å². The predicted molar refractivity (Wildman–Crippen MR) is 77.2 cm³/mol. The van der Waals surface area contributed by atoms with Crippen LogP contribution in [0.4, 0.5) is 0 Å². The molecule has 0 amide bonds. The summed E-state index contributed by atoms with van der Waals surface area (Å²) in [5.41, 5.74) is 0. The molecule has 0 radical (unpaired) electrons. The van der Waals surface area contributed by atoms with Crippen molar-refractivity contribution >= 4 is 0 Å². The van der Waals surface area contributed by atoms with Crippen LogP contribution in [0.5, 0.6) is 0 Å². The molecular weight excluding hydrogens is 208 g/mol. The fraction of sp³-hybridized carbons (Fsp3) is 1.00. The molecule has 104 valence electrons. The van der Waals surface area contributed by atoms with Crippen LogP contribution in [0.2, 0.25) is 0 Å². The summed E-state index contributed by atoms with van der Waals surface area (Å²) in [7, 11) is 0. The van der Waals surface area contributed by atoms with Gasteiger partial charge >= 0.3 is 0 Å². The Balaban J connectivity index is 4.09. The van der Waals surface area contributed by atoms with E-state index < -0.39 is 0 Å². The topological polar surface area (TPSA) is 20.2 Å². The van der Waals surface area contributed by atoms with Crippen LogP contribution in [-0.4, -0.2) is 11.2 Å². The first-order valence-electron chi connectivity index (χ1n) is 7.87. The first-order chi connectivity index (χ1) is 8.19. The molecule has 0 aromatic carbocycles. The lowest BCUT2D eigenvalue weighted by Gasteiger charge is -2.26. The van der Waals surface area contributed by atoms with E-state index in [1.807, 2.05) is 0 Å². The molecular formula is C16H34O. The van der Waals surface area contributed by atoms with E-state index in [4.69, 9.17) is 0 Å². The summed E-state index contributed by atoms with van der Waals surface area (Å²) in [6.07, 6.45) is 10.9. The van der Waals surface area contributed by atoms with Gasteiger partial charge in [0.15, 0.2) is 0 Å². The molecule has 0 rings (SSSR count). The van der Waals surface area contributed by atoms with Crippen LogP contribution >= 0.6 is 0 Å². The lowest BCUT2D eigenvalue weighted by atomic mass is 9.84. The lowest BCUT2D eigenvalue weighted by Crippen LogP contribution is -2.23. The van der Waals surface area contributed by atoms with Gasteiger partial charge in [0.25, 0.3) is 0 Å². The smallest absolute Gasteiger partial charge is 0.0571 e. The van der Waals surface area contributed by atoms with Crippen LogP contribution in [0, 0.1) is 11.8 Å². The minimum absolute atomic E-state index is 0.0586. The predicted octanol–water partition coefficient (Wildman–Crippen LogP) is 5.17. The molecule has 0 aliphatic carbocycles. The SMILES string of the molecule is CCCCC(CC)CC(O)C(CCC)CCC. The summed E-state index contributed by atoms with van der Waals surface area (Å²) in [5, 5.41) is 10.4. The summed E-state index contributed by atoms with van der Waals surface area (Å²) >= 11 is 0. The van der Waals surface area contributed by atoms with Gasteiger partial charge in [0.1, 0.15) is 0 Å². The molecule has 1 N–H and O–H groups in total. The van der Waals surface area contributed by atoms with Gasteiger partial charge in [0.2, 0.25) is 0 Å². The van der Waals surface area contributed by atoms with E-state index in [-0.39, 0.29) is 6.10 Å². The van der Waals surface area contributed by atoms with E-state index in [1.165, 1.54) is 51.4 Å². The molecule has 1 heteroatoms. The zero-order valence-electron chi connectivity index (χ0n) is 12.5. The lowest BCUT2D eigenvalue weighted by molar-refractivity contribution is 0.0691. The number of hydrogen-bond donors (Lipinski definition) is 1. The summed E-state index contributed by atoms with van der Waals surface area (Å²) in [5.74, 6) is 1.28. The van der Waals surface area contributed by atoms with Crippen LogP contribution in [0.3, 0.4) is 0 Å². The molecule has 0 aliphatic heterocycles. The summed E-state index contributed by atoms with van der Waals surface area (Å²) in [6, 6.07) is 0. The number of aliphatic hydroxyl groups is 1. The van der Waals surface area contributed by atoms with E-state index in [9.17, 15) is 5.11 Å². The highest BCUT2D eigenvalue weighted by atomic mass is 16.3. The average molecular weight is 242 g/mol. The third-order valence-corrected chi connectivity index (χ3v) is 3.98. The maximum absolute atomic E-state index is 10.4. The zero-order valence-corrected chi connectivity index (χ0v) is 12.5. The van der Waals surface area contributed by atoms with Crippen molar-refractivity contribution < 1.29 is 5.11 Å². The van der Waals surface area contributed by atoms with Crippen molar-refractivity contribution in [2.45, 2.75) is 91.6 Å². The van der Waals surface area contributed by atoms with Crippen molar-refractivity contribution in [3.05, 3.63) is 0 Å². The fourth-order valence-corrected chi connectivity index (χ4v) is 2.79. The second kappa shape index (κ2) is 11.1. The molecule has 2 atom stereocenters. The summed E-state index contributed by atoms with van der Waals surface area (Å²) in [4.78, 5) is 0. The highest BCUT2D eigenvalue weighted by Crippen LogP contribution is 2.26. The standard InChI is InChI=1S/C16H34O/c1-5-9-12-14(8-4)13-16(17)15(10-6-2)11-7-3/h14-17H,5-13H2,1-4H3. The summed E-state index contributed by atoms with van der Waals surface area (Å²) < 4.78 is 0. The van der Waals surface area contributed by atoms with E-state index in [0.29, 0.717) is 5.92 Å². The number of aliphatic hydroxyl groups excluding tert-OH is 1. The maximum atomic E-state index is 10.4. The van der Waals surface area contributed by atoms with Gasteiger partial charge in [0, 0.05) is 0 Å². The Hall–Kier alpha value is -0.0400. The molecule has 0 bridgehead atoms. The molecule has 0 aromatic rings. The van der Waals surface area contributed by atoms with Gasteiger partial charge in [-0.1, -0.05) is 66.2 Å². The van der Waals surface area contributed by atoms with Gasteiger partial charge in [-0.2, -0.15) is 0 Å². The minimum Gasteiger partial charge on any atom is -0.393 e. The average Bonchev–Trinajstić information content (AvgIpc) is 2.33. The first-order valence-corrected chi connectivity index (χ1v) is 7.87. The third-order valence-electron chi connectivity index (χ3n) is 3.98. The Morgan fingerprint density at radius 3 is 1.82 bits per heavy atom. The van der Waals surface area contributed by atoms with Gasteiger partial charge in [-0.3, -0.25) is 0 Å². The molecule has 17 heavy (non-hydrogen) atoms. The van der Waals surface area contributed by atoms with E-state index in [0.717, 1.165) is 12.3 Å². The molecule has 0 saturated carbocycles. The van der Waals surface area contributed by atoms with Crippen LogP contribution in [0.15, 0.2) is 0 Å². The normalized spacial score (nSPS) is 15.2. The van der Waals surface area contributed by atoms with E-state index in [2.05, 4.69) is 27.7 Å². The van der Waals surface area contributed by atoms with Crippen LogP contribution in [0.25, 0.3) is 0 Å². The van der Waals surface area contributed by atoms with Crippen LogP contribution in [-0.2, 0) is 0 Å². The molecule has 0 spiro atoms. The molecule has 0 fully saturated rings. The van der Waals surface area contributed by atoms with E-state index in [1.54, 1.807) is 0 Å². The molecule has 2 unspecified atom stereocenters. The molecule has 0 saturated heterocycles. The highest BCUT2D eigenvalue weighted by molar-refractivity contribution is 4.72. The van der Waals surface area contributed by atoms with Crippen molar-refractivity contribution in [3.8, 4) is 0 Å². The van der Waals surface area contributed by atoms with Gasteiger partial charge in [-0.25, -0.2) is 0 Å². The quantitative estimate of drug-likeness (QED) is 0.530. The fourth-order valence-electron chi connectivity index (χ4n) is 2.79. The van der Waals surface area contributed by atoms with Crippen molar-refractivity contribution in [3.63, 3.8) is 0 Å². The largest absolute Gasteiger partial charge is 0.393 e. The molecule has 0 heterocycles. The van der Waals surface area contributed by atoms with Crippen LogP contribution in [0.1, 0.15) is 85.5 Å². The second-order valence-electron chi connectivity index (χ2n) is 5.56. The molecule has 0 aromatic heterocycles. The number of unbranched alkanes of at least 4 members (excludes halogenated alkanes) is 1. The van der Waals surface area contributed by atoms with Crippen molar-refractivity contribution in [1.29, 1.82) is 0 Å². The monoisotopic (exact) mass is 242 g/mol. The Morgan fingerprint density at radius 1 is 0.824 bits per heavy atom. The zero-order chi connectivity index (χ0) is 13.1. The maximum Gasteiger partial charge on any atom is 0.0571 e. The van der Waals surface area contributed by atoms with Gasteiger partial charge < -0.3 is 5.11 Å². The van der Waals surface area contributed by atoms with Crippen LogP contribution < -0.4 is 0 Å². The van der Waals surface area contributed by atoms with Crippen molar-refractivity contribution in [1.82, 2.24) is 0 Å². The third kappa shape index (κ3) is 7.81. The van der Waals surface area contributed by atoms with Gasteiger partial charge in [-0.05, 0) is 31.1 Å². The molecule has 0 aliphatic rings. The second-order valence-corrected chi connectivity index (χ2v) is 5.56. The number of rotatable bonds is 11. The van der Waals surface area contributed by atoms with E-state index >= 15 is 0 Å². The number of hydrogen-bond acceptors (Lipinski definition) is 1. The highest BCUT2D eigenvalue weighted by Gasteiger charge is 2.20. The Morgan fingerprint density at radius 2 is 1.41 bits per heavy atom. The van der Waals surface area contributed by atoms with Crippen molar-refractivity contribution in [2.24, 2.45) is 11.8 Å². The Kier molecular flexibility index (Phi) is 11.0. The minimum atomic E-state index is -0.0586. The van der Waals surface area contributed by atoms with Gasteiger partial charge in [0.05, 0.1) is 6.10 Å². The summed E-state index contributed by atoms with van der Waals surface area (Å²) in [6.45, 7) is 8.97. The molecule has 1 nitrogen and oxygen atoms in total. The Bertz CT molecular complexity index is 150.